The Morgan fingerprint density at radius 3 is 2.55 bits per heavy atom. The predicted octanol–water partition coefficient (Wildman–Crippen LogP) is 3.31. The van der Waals surface area contributed by atoms with Gasteiger partial charge in [-0.2, -0.15) is 0 Å². The number of carbonyl (C=O) groups is 2. The third kappa shape index (κ3) is 5.00. The van der Waals surface area contributed by atoms with Gasteiger partial charge >= 0.3 is 6.09 Å². The maximum atomic E-state index is 13.0. The van der Waals surface area contributed by atoms with Crippen LogP contribution in [-0.2, 0) is 9.53 Å². The van der Waals surface area contributed by atoms with Crippen LogP contribution in [0.1, 0.15) is 53.0 Å². The summed E-state index contributed by atoms with van der Waals surface area (Å²) >= 11 is 0. The zero-order chi connectivity index (χ0) is 21.4. The SMILES string of the molecule is Cc1cccnc1OCC(C)(C)C(=O)N[C@H]1CN(C(=O)OC(C)(C)C)CC12CC2. The lowest BCUT2D eigenvalue weighted by molar-refractivity contribution is -0.131. The monoisotopic (exact) mass is 403 g/mol. The molecular weight excluding hydrogens is 370 g/mol. The number of likely N-dealkylation sites (tertiary alicyclic amines) is 1. The molecule has 1 spiro atoms. The quantitative estimate of drug-likeness (QED) is 0.816. The minimum atomic E-state index is -0.723. The summed E-state index contributed by atoms with van der Waals surface area (Å²) in [4.78, 5) is 31.4. The van der Waals surface area contributed by atoms with Crippen LogP contribution in [0.5, 0.6) is 5.88 Å². The summed E-state index contributed by atoms with van der Waals surface area (Å²) in [7, 11) is 0. The molecule has 1 aliphatic heterocycles. The summed E-state index contributed by atoms with van der Waals surface area (Å²) in [6.45, 7) is 12.6. The van der Waals surface area contributed by atoms with Crippen LogP contribution in [0.15, 0.2) is 18.3 Å². The molecule has 1 aliphatic carbocycles. The number of nitrogens with zero attached hydrogens (tertiary/aromatic N) is 2. The Hall–Kier alpha value is -2.31. The average Bonchev–Trinajstić information content (AvgIpc) is 3.29. The van der Waals surface area contributed by atoms with E-state index in [1.165, 1.54) is 0 Å². The van der Waals surface area contributed by atoms with Crippen LogP contribution in [0.3, 0.4) is 0 Å². The fourth-order valence-corrected chi connectivity index (χ4v) is 3.59. The van der Waals surface area contributed by atoms with Crippen molar-refractivity contribution in [3.63, 3.8) is 0 Å². The highest BCUT2D eigenvalue weighted by atomic mass is 16.6. The number of hydrogen-bond donors (Lipinski definition) is 1. The van der Waals surface area contributed by atoms with Crippen molar-refractivity contribution in [2.45, 2.75) is 66.0 Å². The van der Waals surface area contributed by atoms with Gasteiger partial charge in [0.1, 0.15) is 12.2 Å². The van der Waals surface area contributed by atoms with E-state index in [9.17, 15) is 9.59 Å². The lowest BCUT2D eigenvalue weighted by Gasteiger charge is -2.28. The summed E-state index contributed by atoms with van der Waals surface area (Å²) < 4.78 is 11.3. The molecule has 0 radical (unpaired) electrons. The lowest BCUT2D eigenvalue weighted by Crippen LogP contribution is -2.49. The molecule has 0 aromatic carbocycles. The van der Waals surface area contributed by atoms with E-state index in [1.54, 1.807) is 11.1 Å². The standard InChI is InChI=1S/C22H33N3O4/c1-15-8-7-11-23-17(15)28-14-21(5,6)18(26)24-16-12-25(13-22(16)9-10-22)19(27)29-20(2,3)4/h7-8,11,16H,9-10,12-14H2,1-6H3,(H,24,26)/t16-/m0/s1. The molecule has 1 atom stereocenters. The first-order valence-corrected chi connectivity index (χ1v) is 10.3. The average molecular weight is 404 g/mol. The van der Waals surface area contributed by atoms with Gasteiger partial charge in [-0.15, -0.1) is 0 Å². The second-order valence-corrected chi connectivity index (χ2v) is 10.0. The van der Waals surface area contributed by atoms with Crippen LogP contribution >= 0.6 is 0 Å². The molecule has 2 fully saturated rings. The van der Waals surface area contributed by atoms with Crippen molar-refractivity contribution in [2.75, 3.05) is 19.7 Å². The van der Waals surface area contributed by atoms with Crippen molar-refractivity contribution in [3.8, 4) is 5.88 Å². The van der Waals surface area contributed by atoms with E-state index < -0.39 is 11.0 Å². The zero-order valence-electron chi connectivity index (χ0n) is 18.4. The van der Waals surface area contributed by atoms with Gasteiger partial charge in [-0.25, -0.2) is 9.78 Å². The molecule has 2 heterocycles. The fraction of sp³-hybridized carbons (Fsp3) is 0.682. The summed E-state index contributed by atoms with van der Waals surface area (Å²) in [5.41, 5.74) is -0.331. The number of ether oxygens (including phenoxy) is 2. The lowest BCUT2D eigenvalue weighted by atomic mass is 9.91. The second-order valence-electron chi connectivity index (χ2n) is 10.0. The molecule has 1 aromatic rings. The molecule has 1 saturated heterocycles. The number of carbonyl (C=O) groups excluding carboxylic acids is 2. The number of hydrogen-bond acceptors (Lipinski definition) is 5. The molecule has 1 N–H and O–H groups in total. The minimum absolute atomic E-state index is 0.0128. The Bertz CT molecular complexity index is 781. The Kier molecular flexibility index (Phi) is 5.54. The van der Waals surface area contributed by atoms with E-state index in [0.717, 1.165) is 18.4 Å². The fourth-order valence-electron chi connectivity index (χ4n) is 3.59. The normalized spacial score (nSPS) is 20.5. The maximum Gasteiger partial charge on any atom is 0.410 e. The van der Waals surface area contributed by atoms with Gasteiger partial charge in [0.05, 0.1) is 11.5 Å². The third-order valence-corrected chi connectivity index (χ3v) is 5.64. The number of pyridine rings is 1. The van der Waals surface area contributed by atoms with Gasteiger partial charge < -0.3 is 19.7 Å². The van der Waals surface area contributed by atoms with Crippen LogP contribution in [-0.4, -0.2) is 53.2 Å². The van der Waals surface area contributed by atoms with E-state index in [1.807, 2.05) is 53.7 Å². The Labute approximate surface area is 173 Å². The van der Waals surface area contributed by atoms with Crippen molar-refractivity contribution < 1.29 is 19.1 Å². The van der Waals surface area contributed by atoms with Gasteiger partial charge in [-0.05, 0) is 60.5 Å². The highest BCUT2D eigenvalue weighted by Crippen LogP contribution is 2.53. The van der Waals surface area contributed by atoms with Gasteiger partial charge in [0, 0.05) is 30.3 Å². The highest BCUT2D eigenvalue weighted by Gasteiger charge is 2.57. The number of nitrogens with one attached hydrogen (secondary N) is 1. The van der Waals surface area contributed by atoms with E-state index in [-0.39, 0.29) is 30.1 Å². The maximum absolute atomic E-state index is 13.0. The van der Waals surface area contributed by atoms with Crippen LogP contribution in [0.4, 0.5) is 4.79 Å². The van der Waals surface area contributed by atoms with Gasteiger partial charge in [0.25, 0.3) is 0 Å². The van der Waals surface area contributed by atoms with Gasteiger partial charge in [-0.1, -0.05) is 6.07 Å². The zero-order valence-corrected chi connectivity index (χ0v) is 18.4. The van der Waals surface area contributed by atoms with Crippen molar-refractivity contribution in [1.29, 1.82) is 0 Å². The first kappa shape index (κ1) is 21.4. The smallest absolute Gasteiger partial charge is 0.410 e. The second kappa shape index (κ2) is 7.50. The predicted molar refractivity (Wildman–Crippen MR) is 110 cm³/mol. The number of aryl methyl sites for hydroxylation is 1. The topological polar surface area (TPSA) is 80.8 Å². The van der Waals surface area contributed by atoms with E-state index in [0.29, 0.717) is 19.0 Å². The van der Waals surface area contributed by atoms with E-state index >= 15 is 0 Å². The molecule has 1 aromatic heterocycles. The molecule has 2 aliphatic rings. The molecule has 3 rings (SSSR count). The number of amides is 2. The Balaban J connectivity index is 1.59. The molecule has 7 heteroatoms. The summed E-state index contributed by atoms with van der Waals surface area (Å²) in [5, 5.41) is 3.18. The van der Waals surface area contributed by atoms with Crippen molar-refractivity contribution >= 4 is 12.0 Å². The van der Waals surface area contributed by atoms with E-state index in [4.69, 9.17) is 9.47 Å². The summed E-state index contributed by atoms with van der Waals surface area (Å²) in [5.74, 6) is 0.470. The highest BCUT2D eigenvalue weighted by molar-refractivity contribution is 5.82. The molecule has 2 amide bonds. The third-order valence-electron chi connectivity index (χ3n) is 5.64. The molecule has 7 nitrogen and oxygen atoms in total. The Morgan fingerprint density at radius 2 is 1.97 bits per heavy atom. The molecule has 1 saturated carbocycles. The van der Waals surface area contributed by atoms with Crippen molar-refractivity contribution in [1.82, 2.24) is 15.2 Å². The van der Waals surface area contributed by atoms with Crippen LogP contribution < -0.4 is 10.1 Å². The largest absolute Gasteiger partial charge is 0.476 e. The van der Waals surface area contributed by atoms with Crippen molar-refractivity contribution in [2.24, 2.45) is 10.8 Å². The first-order valence-electron chi connectivity index (χ1n) is 10.3. The number of rotatable bonds is 5. The van der Waals surface area contributed by atoms with Crippen LogP contribution in [0.25, 0.3) is 0 Å². The van der Waals surface area contributed by atoms with Gasteiger partial charge in [-0.3, -0.25) is 4.79 Å². The number of aromatic nitrogens is 1. The molecule has 0 unspecified atom stereocenters. The first-order chi connectivity index (χ1) is 13.4. The summed E-state index contributed by atoms with van der Waals surface area (Å²) in [6.07, 6.45) is 3.40. The van der Waals surface area contributed by atoms with Crippen LogP contribution in [0, 0.1) is 17.8 Å². The van der Waals surface area contributed by atoms with Gasteiger partial charge in [0.2, 0.25) is 11.8 Å². The molecule has 29 heavy (non-hydrogen) atoms. The van der Waals surface area contributed by atoms with Crippen LogP contribution in [0.2, 0.25) is 0 Å². The van der Waals surface area contributed by atoms with E-state index in [2.05, 4.69) is 10.3 Å². The minimum Gasteiger partial charge on any atom is -0.476 e. The van der Waals surface area contributed by atoms with Gasteiger partial charge in [0.15, 0.2) is 0 Å². The van der Waals surface area contributed by atoms with Crippen molar-refractivity contribution in [3.05, 3.63) is 23.9 Å². The molecule has 160 valence electrons. The molecular formula is C22H33N3O4. The molecule has 0 bridgehead atoms. The summed E-state index contributed by atoms with van der Waals surface area (Å²) in [6, 6.07) is 3.72. The Morgan fingerprint density at radius 1 is 1.28 bits per heavy atom.